The van der Waals surface area contributed by atoms with Gasteiger partial charge in [-0.3, -0.25) is 4.79 Å². The van der Waals surface area contributed by atoms with Crippen LogP contribution in [-0.4, -0.2) is 32.1 Å². The summed E-state index contributed by atoms with van der Waals surface area (Å²) in [7, 11) is 0. The molecule has 8 heteroatoms. The highest BCUT2D eigenvalue weighted by atomic mass is 32.2. The van der Waals surface area contributed by atoms with Gasteiger partial charge in [0, 0.05) is 5.41 Å². The molecule has 0 spiro atoms. The van der Waals surface area contributed by atoms with Gasteiger partial charge < -0.3 is 11.2 Å². The predicted molar refractivity (Wildman–Crippen MR) is 84.5 cm³/mol. The molecule has 1 aromatic rings. The average Bonchev–Trinajstić information content (AvgIpc) is 3.20. The number of amides is 1. The van der Waals surface area contributed by atoms with Gasteiger partial charge in [-0.2, -0.15) is 5.26 Å². The van der Waals surface area contributed by atoms with Crippen molar-refractivity contribution < 1.29 is 4.79 Å². The van der Waals surface area contributed by atoms with Crippen LogP contribution < -0.4 is 11.2 Å². The summed E-state index contributed by atoms with van der Waals surface area (Å²) in [6.07, 6.45) is 1.98. The Balaban J connectivity index is 1.95. The van der Waals surface area contributed by atoms with E-state index < -0.39 is 5.54 Å². The standard InChI is InChI=1S/C14H22N6OS/c1-13(2,3)11-18-19-12(20(11)16)22-7-10(21)17-14(4,8-15)9-5-6-9/h9H,5-7,16H2,1-4H3,(H,17,21). The van der Waals surface area contributed by atoms with E-state index in [1.54, 1.807) is 6.92 Å². The summed E-state index contributed by atoms with van der Waals surface area (Å²) in [4.78, 5) is 12.1. The number of nitriles is 1. The summed E-state index contributed by atoms with van der Waals surface area (Å²) in [6.45, 7) is 7.76. The summed E-state index contributed by atoms with van der Waals surface area (Å²) in [5.74, 6) is 6.86. The Hall–Kier alpha value is -1.75. The minimum Gasteiger partial charge on any atom is -0.337 e. The number of rotatable bonds is 5. The summed E-state index contributed by atoms with van der Waals surface area (Å²) in [5.41, 5.74) is -0.987. The number of hydrogen-bond donors (Lipinski definition) is 2. The molecule has 0 saturated heterocycles. The van der Waals surface area contributed by atoms with Crippen LogP contribution in [0.15, 0.2) is 5.16 Å². The molecule has 0 radical (unpaired) electrons. The number of carbonyl (C=O) groups is 1. The lowest BCUT2D eigenvalue weighted by molar-refractivity contribution is -0.119. The normalized spacial score (nSPS) is 17.6. The highest BCUT2D eigenvalue weighted by molar-refractivity contribution is 7.99. The molecule has 1 amide bonds. The van der Waals surface area contributed by atoms with Crippen LogP contribution in [0.25, 0.3) is 0 Å². The van der Waals surface area contributed by atoms with E-state index in [4.69, 9.17) is 5.84 Å². The smallest absolute Gasteiger partial charge is 0.231 e. The molecule has 0 aromatic carbocycles. The Kier molecular flexibility index (Phi) is 4.38. The molecule has 1 saturated carbocycles. The number of thioether (sulfide) groups is 1. The van der Waals surface area contributed by atoms with Crippen molar-refractivity contribution in [3.05, 3.63) is 5.82 Å². The molecule has 1 aliphatic carbocycles. The fourth-order valence-electron chi connectivity index (χ4n) is 2.22. The second kappa shape index (κ2) is 5.80. The van der Waals surface area contributed by atoms with E-state index in [1.807, 2.05) is 20.8 Å². The Morgan fingerprint density at radius 1 is 1.45 bits per heavy atom. The van der Waals surface area contributed by atoms with Gasteiger partial charge in [-0.1, -0.05) is 32.5 Å². The number of nitrogens with two attached hydrogens (primary N) is 1. The van der Waals surface area contributed by atoms with E-state index in [9.17, 15) is 10.1 Å². The SMILES string of the molecule is CC(C)(C)c1nnc(SCC(=O)NC(C)(C#N)C2CC2)n1N. The van der Waals surface area contributed by atoms with E-state index in [-0.39, 0.29) is 23.0 Å². The zero-order chi connectivity index (χ0) is 16.5. The first-order valence-electron chi connectivity index (χ1n) is 7.23. The Bertz CT molecular complexity index is 610. The van der Waals surface area contributed by atoms with Crippen molar-refractivity contribution in [1.29, 1.82) is 5.26 Å². The maximum absolute atomic E-state index is 12.1. The van der Waals surface area contributed by atoms with E-state index in [0.717, 1.165) is 12.8 Å². The molecule has 3 N–H and O–H groups in total. The van der Waals surface area contributed by atoms with Crippen LogP contribution in [0.2, 0.25) is 0 Å². The number of aromatic nitrogens is 3. The maximum Gasteiger partial charge on any atom is 0.231 e. The number of carbonyl (C=O) groups excluding carboxylic acids is 1. The van der Waals surface area contributed by atoms with Crippen molar-refractivity contribution in [3.63, 3.8) is 0 Å². The molecular weight excluding hydrogens is 300 g/mol. The van der Waals surface area contributed by atoms with Gasteiger partial charge in [-0.05, 0) is 25.7 Å². The fourth-order valence-corrected chi connectivity index (χ4v) is 2.88. The number of hydrogen-bond acceptors (Lipinski definition) is 6. The van der Waals surface area contributed by atoms with Crippen molar-refractivity contribution in [1.82, 2.24) is 20.2 Å². The third-order valence-corrected chi connectivity index (χ3v) is 4.64. The molecule has 1 aromatic heterocycles. The predicted octanol–water partition coefficient (Wildman–Crippen LogP) is 1.19. The lowest BCUT2D eigenvalue weighted by Gasteiger charge is -2.22. The molecule has 0 aliphatic heterocycles. The average molecular weight is 322 g/mol. The molecule has 1 fully saturated rings. The minimum absolute atomic E-state index is 0.156. The lowest BCUT2D eigenvalue weighted by Crippen LogP contribution is -2.47. The van der Waals surface area contributed by atoms with Gasteiger partial charge in [0.15, 0.2) is 5.82 Å². The van der Waals surface area contributed by atoms with Crippen molar-refractivity contribution in [2.24, 2.45) is 5.92 Å². The first-order valence-corrected chi connectivity index (χ1v) is 8.22. The van der Waals surface area contributed by atoms with Crippen LogP contribution in [0.3, 0.4) is 0 Å². The second-order valence-corrected chi connectivity index (χ2v) is 7.79. The Morgan fingerprint density at radius 3 is 2.55 bits per heavy atom. The topological polar surface area (TPSA) is 110 Å². The molecule has 1 aliphatic rings. The van der Waals surface area contributed by atoms with E-state index >= 15 is 0 Å². The molecule has 1 unspecified atom stereocenters. The summed E-state index contributed by atoms with van der Waals surface area (Å²) in [6, 6.07) is 2.21. The zero-order valence-electron chi connectivity index (χ0n) is 13.4. The van der Waals surface area contributed by atoms with Crippen molar-refractivity contribution in [2.75, 3.05) is 11.6 Å². The van der Waals surface area contributed by atoms with Crippen LogP contribution in [0, 0.1) is 17.2 Å². The van der Waals surface area contributed by atoms with Gasteiger partial charge in [-0.15, -0.1) is 10.2 Å². The molecule has 0 bridgehead atoms. The Morgan fingerprint density at radius 2 is 2.09 bits per heavy atom. The summed E-state index contributed by atoms with van der Waals surface area (Å²) in [5, 5.41) is 20.7. The lowest BCUT2D eigenvalue weighted by atomic mass is 9.96. The first-order chi connectivity index (χ1) is 10.2. The van der Waals surface area contributed by atoms with Crippen LogP contribution in [0.5, 0.6) is 0 Å². The summed E-state index contributed by atoms with van der Waals surface area (Å²) < 4.78 is 1.42. The second-order valence-electron chi connectivity index (χ2n) is 6.85. The zero-order valence-corrected chi connectivity index (χ0v) is 14.2. The molecule has 7 nitrogen and oxygen atoms in total. The molecular formula is C14H22N6OS. The van der Waals surface area contributed by atoms with Gasteiger partial charge in [0.2, 0.25) is 11.1 Å². The van der Waals surface area contributed by atoms with Gasteiger partial charge >= 0.3 is 0 Å². The number of nitrogen functional groups attached to an aromatic ring is 1. The highest BCUT2D eigenvalue weighted by Gasteiger charge is 2.43. The van der Waals surface area contributed by atoms with Crippen molar-refractivity contribution >= 4 is 17.7 Å². The van der Waals surface area contributed by atoms with Crippen molar-refractivity contribution in [2.45, 2.75) is 56.6 Å². The number of nitrogens with zero attached hydrogens (tertiary/aromatic N) is 4. The quantitative estimate of drug-likeness (QED) is 0.622. The van der Waals surface area contributed by atoms with Crippen molar-refractivity contribution in [3.8, 4) is 6.07 Å². The van der Waals surface area contributed by atoms with Gasteiger partial charge in [-0.25, -0.2) is 4.68 Å². The third-order valence-electron chi connectivity index (χ3n) is 3.69. The van der Waals surface area contributed by atoms with Crippen LogP contribution in [0.4, 0.5) is 0 Å². The van der Waals surface area contributed by atoms with Gasteiger partial charge in [0.1, 0.15) is 5.54 Å². The van der Waals surface area contributed by atoms with E-state index in [2.05, 4.69) is 21.6 Å². The Labute approximate surface area is 134 Å². The van der Waals surface area contributed by atoms with E-state index in [1.165, 1.54) is 16.4 Å². The molecule has 2 rings (SSSR count). The monoisotopic (exact) mass is 322 g/mol. The highest BCUT2D eigenvalue weighted by Crippen LogP contribution is 2.39. The largest absolute Gasteiger partial charge is 0.337 e. The molecule has 22 heavy (non-hydrogen) atoms. The van der Waals surface area contributed by atoms with Crippen LogP contribution in [0.1, 0.15) is 46.4 Å². The molecule has 1 atom stereocenters. The van der Waals surface area contributed by atoms with Gasteiger partial charge in [0.05, 0.1) is 11.8 Å². The molecule has 1 heterocycles. The third kappa shape index (κ3) is 3.53. The number of nitrogens with one attached hydrogen (secondary N) is 1. The fraction of sp³-hybridized carbons (Fsp3) is 0.714. The summed E-state index contributed by atoms with van der Waals surface area (Å²) >= 11 is 1.22. The first kappa shape index (κ1) is 16.6. The molecule has 120 valence electrons. The van der Waals surface area contributed by atoms with Gasteiger partial charge in [0.25, 0.3) is 0 Å². The van der Waals surface area contributed by atoms with Crippen LogP contribution >= 0.6 is 11.8 Å². The minimum atomic E-state index is -0.773. The van der Waals surface area contributed by atoms with E-state index in [0.29, 0.717) is 11.0 Å². The van der Waals surface area contributed by atoms with Crippen LogP contribution in [-0.2, 0) is 10.2 Å². The maximum atomic E-state index is 12.1.